The van der Waals surface area contributed by atoms with Crippen molar-refractivity contribution in [3.8, 4) is 11.5 Å². The Balaban J connectivity index is 1.24. The number of fused-ring (bicyclic) bond motifs is 1. The molecular weight excluding hydrogens is 544 g/mol. The number of hydrogen-bond acceptors (Lipinski definition) is 7. The van der Waals surface area contributed by atoms with E-state index in [1.54, 1.807) is 7.11 Å². The summed E-state index contributed by atoms with van der Waals surface area (Å²) in [6.45, 7) is 6.23. The van der Waals surface area contributed by atoms with Gasteiger partial charge in [0.05, 0.1) is 30.6 Å². The molecule has 5 rings (SSSR count). The highest BCUT2D eigenvalue weighted by atomic mass is 19.2. The Bertz CT molecular complexity index is 1620. The summed E-state index contributed by atoms with van der Waals surface area (Å²) in [6.07, 6.45) is 2.21. The number of pyridine rings is 1. The van der Waals surface area contributed by atoms with E-state index in [0.717, 1.165) is 28.6 Å². The van der Waals surface area contributed by atoms with E-state index in [1.807, 2.05) is 45.0 Å². The number of carbonyl (C=O) groups is 2. The summed E-state index contributed by atoms with van der Waals surface area (Å²) in [6, 6.07) is 10.5. The zero-order valence-corrected chi connectivity index (χ0v) is 24.1. The molecule has 0 unspecified atom stereocenters. The number of aryl methyl sites for hydroxylation is 1. The predicted molar refractivity (Wildman–Crippen MR) is 155 cm³/mol. The van der Waals surface area contributed by atoms with Crippen molar-refractivity contribution in [3.05, 3.63) is 64.9 Å². The molecule has 0 saturated carbocycles. The van der Waals surface area contributed by atoms with E-state index in [0.29, 0.717) is 30.8 Å². The number of nitrogens with zero attached hydrogens (tertiary/aromatic N) is 4. The van der Waals surface area contributed by atoms with Crippen LogP contribution in [0.4, 0.5) is 8.78 Å². The first-order valence-corrected chi connectivity index (χ1v) is 14.0. The molecule has 0 saturated heterocycles. The summed E-state index contributed by atoms with van der Waals surface area (Å²) < 4.78 is 40.4. The number of nitrogens with one attached hydrogen (secondary N) is 1. The van der Waals surface area contributed by atoms with E-state index in [9.17, 15) is 18.4 Å². The van der Waals surface area contributed by atoms with Gasteiger partial charge in [0.25, 0.3) is 5.91 Å². The maximum Gasteiger partial charge on any atom is 0.254 e. The van der Waals surface area contributed by atoms with Crippen molar-refractivity contribution in [2.45, 2.75) is 52.9 Å². The van der Waals surface area contributed by atoms with Crippen LogP contribution in [0.5, 0.6) is 11.5 Å². The fraction of sp³-hybridized carbons (Fsp3) is 0.387. The van der Waals surface area contributed by atoms with Crippen molar-refractivity contribution >= 4 is 34.1 Å². The summed E-state index contributed by atoms with van der Waals surface area (Å²) in [7, 11) is 1.61. The van der Waals surface area contributed by atoms with Crippen molar-refractivity contribution in [2.75, 3.05) is 20.3 Å². The molecule has 220 valence electrons. The quantitative estimate of drug-likeness (QED) is 0.337. The largest absolute Gasteiger partial charge is 0.494 e. The highest BCUT2D eigenvalue weighted by Crippen LogP contribution is 2.37. The average Bonchev–Trinajstić information content (AvgIpc) is 3.22. The van der Waals surface area contributed by atoms with Crippen LogP contribution >= 0.6 is 0 Å². The number of hydrazone groups is 2. The number of methoxy groups -OCH3 is 1. The molecular formula is C31H33F2N5O4. The minimum atomic E-state index is -1.11. The van der Waals surface area contributed by atoms with Gasteiger partial charge in [-0.05, 0) is 63.4 Å². The zero-order valence-electron chi connectivity index (χ0n) is 24.1. The van der Waals surface area contributed by atoms with Crippen molar-refractivity contribution < 1.29 is 27.8 Å². The number of carbonyl (C=O) groups excluding carboxylic acids is 2. The van der Waals surface area contributed by atoms with Gasteiger partial charge in [-0.25, -0.2) is 19.8 Å². The number of benzene rings is 2. The third-order valence-electron chi connectivity index (χ3n) is 7.58. The first-order chi connectivity index (χ1) is 20.1. The van der Waals surface area contributed by atoms with Gasteiger partial charge in [0.15, 0.2) is 11.6 Å². The first-order valence-electron chi connectivity index (χ1n) is 14.0. The van der Waals surface area contributed by atoms with E-state index in [1.165, 1.54) is 17.1 Å². The number of rotatable bonds is 10. The smallest absolute Gasteiger partial charge is 0.254 e. The van der Waals surface area contributed by atoms with Crippen LogP contribution in [0, 0.1) is 17.0 Å². The molecule has 0 bridgehead atoms. The lowest BCUT2D eigenvalue weighted by atomic mass is 9.82. The highest BCUT2D eigenvalue weighted by Gasteiger charge is 2.44. The Morgan fingerprint density at radius 3 is 2.45 bits per heavy atom. The molecule has 2 amide bonds. The van der Waals surface area contributed by atoms with Crippen LogP contribution < -0.4 is 14.9 Å². The van der Waals surface area contributed by atoms with Crippen molar-refractivity contribution in [3.63, 3.8) is 0 Å². The molecule has 0 aliphatic carbocycles. The average molecular weight is 578 g/mol. The van der Waals surface area contributed by atoms with Crippen LogP contribution in [0.2, 0.25) is 0 Å². The number of amides is 2. The summed E-state index contributed by atoms with van der Waals surface area (Å²) in [5.74, 6) is -2.11. The topological polar surface area (TPSA) is 105 Å². The standard InChI is InChI=1S/C31H33F2N5O4/c1-5-18-8-9-19-20(10-14-24(41-4)28(19)34-18)29-31(2,3)30(40)38(37-29)16-6-7-17-42-23-13-11-21(26(32)27(23)33)22-12-15-25(39)36-35-22/h8-11,13-14H,5-7,12,15-17H2,1-4H3,(H,36,39). The monoisotopic (exact) mass is 577 g/mol. The molecule has 42 heavy (non-hydrogen) atoms. The molecule has 2 aromatic carbocycles. The van der Waals surface area contributed by atoms with Crippen LogP contribution in [0.15, 0.2) is 46.6 Å². The van der Waals surface area contributed by atoms with E-state index in [-0.39, 0.29) is 48.3 Å². The lowest BCUT2D eigenvalue weighted by molar-refractivity contribution is -0.135. The lowest BCUT2D eigenvalue weighted by Crippen LogP contribution is -2.35. The number of halogens is 2. The summed E-state index contributed by atoms with van der Waals surface area (Å²) in [4.78, 5) is 29.4. The Morgan fingerprint density at radius 1 is 0.976 bits per heavy atom. The Hall–Kier alpha value is -4.41. The molecule has 1 aromatic heterocycles. The van der Waals surface area contributed by atoms with Gasteiger partial charge in [-0.3, -0.25) is 9.59 Å². The second-order valence-corrected chi connectivity index (χ2v) is 10.8. The number of hydrogen-bond donors (Lipinski definition) is 1. The van der Waals surface area contributed by atoms with Crippen LogP contribution in [-0.4, -0.2) is 53.5 Å². The minimum absolute atomic E-state index is 0.00472. The number of ether oxygens (including phenoxy) is 2. The summed E-state index contributed by atoms with van der Waals surface area (Å²) in [5.41, 5.74) is 4.86. The molecule has 3 heterocycles. The molecule has 3 aromatic rings. The summed E-state index contributed by atoms with van der Waals surface area (Å²) >= 11 is 0. The third-order valence-corrected chi connectivity index (χ3v) is 7.58. The van der Waals surface area contributed by atoms with Gasteiger partial charge in [0.2, 0.25) is 11.7 Å². The normalized spacial score (nSPS) is 16.4. The van der Waals surface area contributed by atoms with Crippen molar-refractivity contribution in [2.24, 2.45) is 15.6 Å². The fourth-order valence-corrected chi connectivity index (χ4v) is 5.14. The zero-order chi connectivity index (χ0) is 30.0. The molecule has 0 atom stereocenters. The second-order valence-electron chi connectivity index (χ2n) is 10.8. The van der Waals surface area contributed by atoms with Crippen molar-refractivity contribution in [1.29, 1.82) is 0 Å². The first kappa shape index (κ1) is 29.1. The second kappa shape index (κ2) is 11.8. The van der Waals surface area contributed by atoms with E-state index in [4.69, 9.17) is 19.6 Å². The van der Waals surface area contributed by atoms with Crippen LogP contribution in [0.1, 0.15) is 63.3 Å². The molecule has 9 nitrogen and oxygen atoms in total. The summed E-state index contributed by atoms with van der Waals surface area (Å²) in [5, 5.41) is 10.9. The van der Waals surface area contributed by atoms with Crippen LogP contribution in [0.25, 0.3) is 10.9 Å². The van der Waals surface area contributed by atoms with Gasteiger partial charge in [-0.15, -0.1) is 0 Å². The van der Waals surface area contributed by atoms with Gasteiger partial charge >= 0.3 is 0 Å². The molecule has 11 heteroatoms. The number of aromatic nitrogens is 1. The van der Waals surface area contributed by atoms with E-state index < -0.39 is 17.0 Å². The van der Waals surface area contributed by atoms with Crippen LogP contribution in [0.3, 0.4) is 0 Å². The minimum Gasteiger partial charge on any atom is -0.494 e. The van der Waals surface area contributed by atoms with E-state index >= 15 is 0 Å². The predicted octanol–water partition coefficient (Wildman–Crippen LogP) is 5.13. The molecule has 0 radical (unpaired) electrons. The van der Waals surface area contributed by atoms with Gasteiger partial charge in [0.1, 0.15) is 11.3 Å². The Labute approximate surface area is 242 Å². The van der Waals surface area contributed by atoms with Gasteiger partial charge in [-0.2, -0.15) is 14.6 Å². The fourth-order valence-electron chi connectivity index (χ4n) is 5.14. The third kappa shape index (κ3) is 5.43. The molecule has 2 aliphatic rings. The SMILES string of the molecule is CCc1ccc2c(C3=NN(CCCCOc4ccc(C5=NNC(=O)CC5)c(F)c4F)C(=O)C3(C)C)ccc(OC)c2n1. The van der Waals surface area contributed by atoms with Crippen molar-refractivity contribution in [1.82, 2.24) is 15.4 Å². The van der Waals surface area contributed by atoms with Crippen LogP contribution in [-0.2, 0) is 16.0 Å². The van der Waals surface area contributed by atoms with Gasteiger partial charge in [0, 0.05) is 41.6 Å². The Morgan fingerprint density at radius 2 is 1.74 bits per heavy atom. The maximum atomic E-state index is 14.7. The van der Waals surface area contributed by atoms with Gasteiger partial charge < -0.3 is 9.47 Å². The molecule has 0 spiro atoms. The highest BCUT2D eigenvalue weighted by molar-refractivity contribution is 6.23. The molecule has 0 fully saturated rings. The maximum absolute atomic E-state index is 14.7. The van der Waals surface area contributed by atoms with E-state index in [2.05, 4.69) is 10.5 Å². The number of unbranched alkanes of at least 4 members (excludes halogenated alkanes) is 1. The molecule has 1 N–H and O–H groups in total. The lowest BCUT2D eigenvalue weighted by Gasteiger charge is -2.20. The van der Waals surface area contributed by atoms with Gasteiger partial charge in [-0.1, -0.05) is 13.0 Å². The molecule has 2 aliphatic heterocycles. The Kier molecular flexibility index (Phi) is 8.20.